The van der Waals surface area contributed by atoms with E-state index in [4.69, 9.17) is 5.11 Å². The number of thiol groups is 1. The molecule has 0 spiro atoms. The lowest BCUT2D eigenvalue weighted by Crippen LogP contribution is -1.99. The molecule has 3 nitrogen and oxygen atoms in total. The van der Waals surface area contributed by atoms with Crippen LogP contribution in [0.2, 0.25) is 0 Å². The van der Waals surface area contributed by atoms with Gasteiger partial charge in [-0.15, -0.1) is 12.6 Å². The second-order valence-electron chi connectivity index (χ2n) is 3.07. The summed E-state index contributed by atoms with van der Waals surface area (Å²) in [5.41, 5.74) is 1.67. The van der Waals surface area contributed by atoms with Crippen LogP contribution in [0.25, 0.3) is 10.9 Å². The maximum Gasteiger partial charge on any atom is 0.307 e. The molecule has 4 heteroatoms. The molecular formula is C10H9NO2S. The molecule has 0 aliphatic carbocycles. The Balaban J connectivity index is 2.62. The molecule has 1 aromatic heterocycles. The van der Waals surface area contributed by atoms with Crippen LogP contribution in [0.1, 0.15) is 5.56 Å². The van der Waals surface area contributed by atoms with E-state index in [1.807, 2.05) is 24.3 Å². The molecule has 1 aromatic carbocycles. The number of aromatic nitrogens is 1. The summed E-state index contributed by atoms with van der Waals surface area (Å²) in [7, 11) is 0. The van der Waals surface area contributed by atoms with E-state index < -0.39 is 5.97 Å². The van der Waals surface area contributed by atoms with Gasteiger partial charge in [0.05, 0.1) is 11.4 Å². The van der Waals surface area contributed by atoms with Gasteiger partial charge >= 0.3 is 5.97 Å². The highest BCUT2D eigenvalue weighted by atomic mass is 32.1. The third-order valence-corrected chi connectivity index (χ3v) is 2.50. The molecule has 0 aliphatic rings. The molecule has 0 bridgehead atoms. The number of carbonyl (C=O) groups is 1. The monoisotopic (exact) mass is 207 g/mol. The van der Waals surface area contributed by atoms with E-state index in [0.29, 0.717) is 5.03 Å². The lowest BCUT2D eigenvalue weighted by Gasteiger charge is -1.94. The van der Waals surface area contributed by atoms with Gasteiger partial charge < -0.3 is 10.1 Å². The minimum absolute atomic E-state index is 0.00282. The van der Waals surface area contributed by atoms with Crippen molar-refractivity contribution >= 4 is 29.5 Å². The first-order valence-corrected chi connectivity index (χ1v) is 4.63. The first kappa shape index (κ1) is 9.15. The topological polar surface area (TPSA) is 53.1 Å². The molecule has 0 unspecified atom stereocenters. The molecule has 14 heavy (non-hydrogen) atoms. The number of benzene rings is 1. The molecule has 2 N–H and O–H groups in total. The molecule has 0 saturated heterocycles. The van der Waals surface area contributed by atoms with Crippen LogP contribution in [0.5, 0.6) is 0 Å². The number of aliphatic carboxylic acids is 1. The van der Waals surface area contributed by atoms with Gasteiger partial charge in [-0.2, -0.15) is 0 Å². The van der Waals surface area contributed by atoms with Crippen molar-refractivity contribution in [2.75, 3.05) is 0 Å². The van der Waals surface area contributed by atoms with Crippen LogP contribution in [-0.4, -0.2) is 16.1 Å². The standard InChI is InChI=1S/C10H9NO2S/c12-9(13)5-7-6-3-1-2-4-8(6)11-10(7)14/h1-4,11,14H,5H2,(H,12,13). The van der Waals surface area contributed by atoms with Crippen molar-refractivity contribution in [1.82, 2.24) is 4.98 Å². The van der Waals surface area contributed by atoms with E-state index in [9.17, 15) is 4.79 Å². The number of rotatable bonds is 2. The van der Waals surface area contributed by atoms with Crippen LogP contribution in [0.3, 0.4) is 0 Å². The minimum Gasteiger partial charge on any atom is -0.481 e. The predicted molar refractivity (Wildman–Crippen MR) is 56.9 cm³/mol. The summed E-state index contributed by atoms with van der Waals surface area (Å²) in [6, 6.07) is 7.58. The summed E-state index contributed by atoms with van der Waals surface area (Å²) in [6.45, 7) is 0. The largest absolute Gasteiger partial charge is 0.481 e. The summed E-state index contributed by atoms with van der Waals surface area (Å²) in [5, 5.41) is 10.3. The Hall–Kier alpha value is -1.42. The van der Waals surface area contributed by atoms with Crippen molar-refractivity contribution in [3.05, 3.63) is 29.8 Å². The molecule has 2 aromatic rings. The molecule has 72 valence electrons. The first-order chi connectivity index (χ1) is 6.68. The SMILES string of the molecule is O=C(O)Cc1c(S)[nH]c2ccccc12. The van der Waals surface area contributed by atoms with Gasteiger partial charge in [0.1, 0.15) is 0 Å². The number of carboxylic acid groups (broad SMARTS) is 1. The average Bonchev–Trinajstić information content (AvgIpc) is 2.43. The number of fused-ring (bicyclic) bond motifs is 1. The van der Waals surface area contributed by atoms with Gasteiger partial charge in [0.25, 0.3) is 0 Å². The Labute approximate surface area is 86.2 Å². The maximum atomic E-state index is 10.6. The maximum absolute atomic E-state index is 10.6. The Morgan fingerprint density at radius 3 is 2.86 bits per heavy atom. The fourth-order valence-electron chi connectivity index (χ4n) is 1.52. The van der Waals surface area contributed by atoms with Crippen molar-refractivity contribution in [1.29, 1.82) is 0 Å². The van der Waals surface area contributed by atoms with Crippen LogP contribution in [0, 0.1) is 0 Å². The highest BCUT2D eigenvalue weighted by Gasteiger charge is 2.11. The lowest BCUT2D eigenvalue weighted by molar-refractivity contribution is -0.136. The number of aromatic amines is 1. The zero-order valence-corrected chi connectivity index (χ0v) is 8.21. The Kier molecular flexibility index (Phi) is 2.21. The number of hydrogen-bond acceptors (Lipinski definition) is 2. The molecular weight excluding hydrogens is 198 g/mol. The molecule has 0 saturated carbocycles. The Morgan fingerprint density at radius 1 is 1.43 bits per heavy atom. The number of carboxylic acids is 1. The van der Waals surface area contributed by atoms with Crippen molar-refractivity contribution in [2.24, 2.45) is 0 Å². The van der Waals surface area contributed by atoms with Crippen molar-refractivity contribution in [3.8, 4) is 0 Å². The summed E-state index contributed by atoms with van der Waals surface area (Å²) < 4.78 is 0. The van der Waals surface area contributed by atoms with Crippen molar-refractivity contribution in [3.63, 3.8) is 0 Å². The molecule has 0 radical (unpaired) electrons. The second-order valence-corrected chi connectivity index (χ2v) is 3.52. The van der Waals surface area contributed by atoms with Crippen molar-refractivity contribution < 1.29 is 9.90 Å². The zero-order valence-electron chi connectivity index (χ0n) is 7.32. The van der Waals surface area contributed by atoms with Gasteiger partial charge in [-0.1, -0.05) is 18.2 Å². The van der Waals surface area contributed by atoms with Gasteiger partial charge in [0, 0.05) is 16.5 Å². The summed E-state index contributed by atoms with van der Waals surface area (Å²) >= 11 is 4.21. The first-order valence-electron chi connectivity index (χ1n) is 4.19. The molecule has 0 amide bonds. The van der Waals surface area contributed by atoms with E-state index >= 15 is 0 Å². The van der Waals surface area contributed by atoms with Gasteiger partial charge in [0.2, 0.25) is 0 Å². The lowest BCUT2D eigenvalue weighted by atomic mass is 10.1. The third kappa shape index (κ3) is 1.48. The smallest absolute Gasteiger partial charge is 0.307 e. The number of H-pyrrole nitrogens is 1. The van der Waals surface area contributed by atoms with Crippen LogP contribution in [-0.2, 0) is 11.2 Å². The van der Waals surface area contributed by atoms with Gasteiger partial charge in [-0.05, 0) is 6.07 Å². The summed E-state index contributed by atoms with van der Waals surface area (Å²) in [5.74, 6) is -0.843. The average molecular weight is 207 g/mol. The molecule has 0 aliphatic heterocycles. The van der Waals surface area contributed by atoms with E-state index in [2.05, 4.69) is 17.6 Å². The number of nitrogens with one attached hydrogen (secondary N) is 1. The van der Waals surface area contributed by atoms with Crippen LogP contribution in [0.15, 0.2) is 29.3 Å². The minimum atomic E-state index is -0.843. The highest BCUT2D eigenvalue weighted by molar-refractivity contribution is 7.80. The highest BCUT2D eigenvalue weighted by Crippen LogP contribution is 2.24. The molecule has 0 atom stereocenters. The predicted octanol–water partition coefficient (Wildman–Crippen LogP) is 2.08. The van der Waals surface area contributed by atoms with Crippen LogP contribution >= 0.6 is 12.6 Å². The fraction of sp³-hybridized carbons (Fsp3) is 0.100. The number of para-hydroxylation sites is 1. The van der Waals surface area contributed by atoms with Gasteiger partial charge in [-0.3, -0.25) is 4.79 Å². The van der Waals surface area contributed by atoms with Gasteiger partial charge in [0.15, 0.2) is 0 Å². The van der Waals surface area contributed by atoms with E-state index in [1.54, 1.807) is 0 Å². The Morgan fingerprint density at radius 2 is 2.14 bits per heavy atom. The number of hydrogen-bond donors (Lipinski definition) is 3. The fourth-order valence-corrected chi connectivity index (χ4v) is 1.84. The second kappa shape index (κ2) is 3.38. The molecule has 1 heterocycles. The summed E-state index contributed by atoms with van der Waals surface area (Å²) in [6.07, 6.45) is 0.00282. The van der Waals surface area contributed by atoms with Gasteiger partial charge in [-0.25, -0.2) is 0 Å². The van der Waals surface area contributed by atoms with Crippen molar-refractivity contribution in [2.45, 2.75) is 11.4 Å². The van der Waals surface area contributed by atoms with E-state index in [-0.39, 0.29) is 6.42 Å². The normalized spacial score (nSPS) is 10.6. The summed E-state index contributed by atoms with van der Waals surface area (Å²) in [4.78, 5) is 13.6. The van der Waals surface area contributed by atoms with E-state index in [0.717, 1.165) is 16.5 Å². The quantitative estimate of drug-likeness (QED) is 0.660. The molecule has 2 rings (SSSR count). The third-order valence-electron chi connectivity index (χ3n) is 2.12. The van der Waals surface area contributed by atoms with Crippen LogP contribution < -0.4 is 0 Å². The van der Waals surface area contributed by atoms with Crippen LogP contribution in [0.4, 0.5) is 0 Å². The Bertz CT molecular complexity index is 490. The zero-order chi connectivity index (χ0) is 10.1. The molecule has 0 fully saturated rings. The van der Waals surface area contributed by atoms with E-state index in [1.165, 1.54) is 0 Å².